The Hall–Kier alpha value is -2.37. The number of hydrogen-bond acceptors (Lipinski definition) is 4. The molecule has 1 spiro atoms. The maximum absolute atomic E-state index is 12.5. The first-order valence-corrected chi connectivity index (χ1v) is 12.0. The first-order chi connectivity index (χ1) is 15.4. The molecular formula is C27H37N3O2. The quantitative estimate of drug-likeness (QED) is 0.606. The Balaban J connectivity index is 1.37. The van der Waals surface area contributed by atoms with Crippen LogP contribution >= 0.6 is 0 Å². The summed E-state index contributed by atoms with van der Waals surface area (Å²) in [6.07, 6.45) is 5.41. The fourth-order valence-corrected chi connectivity index (χ4v) is 4.77. The van der Waals surface area contributed by atoms with Crippen molar-refractivity contribution in [3.8, 4) is 11.1 Å². The average molecular weight is 436 g/mol. The third-order valence-electron chi connectivity index (χ3n) is 6.88. The van der Waals surface area contributed by atoms with E-state index in [0.717, 1.165) is 50.9 Å². The highest BCUT2D eigenvalue weighted by Gasteiger charge is 2.45. The zero-order valence-corrected chi connectivity index (χ0v) is 19.5. The summed E-state index contributed by atoms with van der Waals surface area (Å²) in [5.74, 6) is 0. The van der Waals surface area contributed by atoms with Gasteiger partial charge in [0.25, 0.3) is 0 Å². The number of carbonyl (C=O) groups is 1. The van der Waals surface area contributed by atoms with Crippen molar-refractivity contribution in [2.45, 2.75) is 64.6 Å². The van der Waals surface area contributed by atoms with E-state index in [0.29, 0.717) is 13.1 Å². The van der Waals surface area contributed by atoms with Crippen LogP contribution in [0.1, 0.15) is 57.1 Å². The Labute approximate surface area is 192 Å². The van der Waals surface area contributed by atoms with Crippen LogP contribution in [0.25, 0.3) is 11.1 Å². The van der Waals surface area contributed by atoms with E-state index in [1.807, 2.05) is 4.90 Å². The molecule has 2 fully saturated rings. The number of nitrogens with two attached hydrogens (primary N) is 1. The number of carbonyl (C=O) groups excluding carboxylic acids is 1. The maximum Gasteiger partial charge on any atom is 0.410 e. The molecule has 2 aromatic rings. The first kappa shape index (κ1) is 22.8. The Morgan fingerprint density at radius 2 is 1.78 bits per heavy atom. The fraction of sp³-hybridized carbons (Fsp3) is 0.519. The van der Waals surface area contributed by atoms with Crippen molar-refractivity contribution in [3.63, 3.8) is 0 Å². The smallest absolute Gasteiger partial charge is 0.410 e. The third kappa shape index (κ3) is 5.51. The number of amides is 1. The highest BCUT2D eigenvalue weighted by molar-refractivity contribution is 5.71. The molecule has 4 rings (SSSR count). The van der Waals surface area contributed by atoms with Crippen molar-refractivity contribution < 1.29 is 9.53 Å². The van der Waals surface area contributed by atoms with Gasteiger partial charge in [-0.05, 0) is 66.0 Å². The Morgan fingerprint density at radius 3 is 2.50 bits per heavy atom. The van der Waals surface area contributed by atoms with E-state index in [1.54, 1.807) is 0 Å². The Morgan fingerprint density at radius 1 is 1.03 bits per heavy atom. The summed E-state index contributed by atoms with van der Waals surface area (Å²) < 4.78 is 5.84. The molecule has 0 aromatic heterocycles. The molecule has 0 atom stereocenters. The Kier molecular flexibility index (Phi) is 6.87. The zero-order valence-electron chi connectivity index (χ0n) is 19.5. The fourth-order valence-electron chi connectivity index (χ4n) is 4.77. The number of hydrogen-bond donors (Lipinski definition) is 2. The molecule has 1 aliphatic carbocycles. The van der Waals surface area contributed by atoms with Gasteiger partial charge in [0.2, 0.25) is 0 Å². The van der Waals surface area contributed by atoms with E-state index in [-0.39, 0.29) is 17.1 Å². The zero-order chi connectivity index (χ0) is 22.6. The van der Waals surface area contributed by atoms with Crippen molar-refractivity contribution in [2.24, 2.45) is 11.1 Å². The summed E-state index contributed by atoms with van der Waals surface area (Å²) in [4.78, 5) is 14.4. The van der Waals surface area contributed by atoms with E-state index in [9.17, 15) is 4.79 Å². The topological polar surface area (TPSA) is 67.6 Å². The predicted molar refractivity (Wildman–Crippen MR) is 129 cm³/mol. The molecule has 0 unspecified atom stereocenters. The molecule has 172 valence electrons. The molecule has 1 aliphatic heterocycles. The van der Waals surface area contributed by atoms with Crippen LogP contribution in [-0.2, 0) is 17.8 Å². The largest absolute Gasteiger partial charge is 0.441 e. The minimum absolute atomic E-state index is 0.110. The SMILES string of the molecule is CC(C)(CN)CNCc1ccc(-c2cccc(CN3CC4(CCCCC4)OC3=O)c2)cc1. The van der Waals surface area contributed by atoms with E-state index in [2.05, 4.69) is 67.7 Å². The lowest BCUT2D eigenvalue weighted by Crippen LogP contribution is -2.36. The second-order valence-electron chi connectivity index (χ2n) is 10.3. The van der Waals surface area contributed by atoms with E-state index < -0.39 is 0 Å². The van der Waals surface area contributed by atoms with Crippen LogP contribution in [0.4, 0.5) is 4.79 Å². The second kappa shape index (κ2) is 9.63. The molecule has 2 aromatic carbocycles. The Bertz CT molecular complexity index is 917. The van der Waals surface area contributed by atoms with Crippen LogP contribution in [0, 0.1) is 5.41 Å². The molecule has 3 N–H and O–H groups in total. The third-order valence-corrected chi connectivity index (χ3v) is 6.88. The van der Waals surface area contributed by atoms with Crippen molar-refractivity contribution in [1.82, 2.24) is 10.2 Å². The van der Waals surface area contributed by atoms with Crippen molar-refractivity contribution in [3.05, 3.63) is 59.7 Å². The minimum Gasteiger partial charge on any atom is -0.441 e. The van der Waals surface area contributed by atoms with Gasteiger partial charge in [-0.1, -0.05) is 62.7 Å². The molecular weight excluding hydrogens is 398 g/mol. The second-order valence-corrected chi connectivity index (χ2v) is 10.3. The van der Waals surface area contributed by atoms with Crippen LogP contribution < -0.4 is 11.1 Å². The monoisotopic (exact) mass is 435 g/mol. The van der Waals surface area contributed by atoms with Crippen LogP contribution in [0.15, 0.2) is 48.5 Å². The van der Waals surface area contributed by atoms with Gasteiger partial charge in [-0.25, -0.2) is 4.79 Å². The molecule has 1 saturated heterocycles. The van der Waals surface area contributed by atoms with Gasteiger partial charge in [-0.2, -0.15) is 0 Å². The van der Waals surface area contributed by atoms with Crippen molar-refractivity contribution in [2.75, 3.05) is 19.6 Å². The number of nitrogens with zero attached hydrogens (tertiary/aromatic N) is 1. The van der Waals surface area contributed by atoms with Crippen LogP contribution in [0.5, 0.6) is 0 Å². The number of benzene rings is 2. The normalized spacial score (nSPS) is 18.2. The van der Waals surface area contributed by atoms with Gasteiger partial charge in [0.1, 0.15) is 5.60 Å². The number of ether oxygens (including phenoxy) is 1. The first-order valence-electron chi connectivity index (χ1n) is 12.0. The van der Waals surface area contributed by atoms with Crippen LogP contribution in [0.2, 0.25) is 0 Å². The molecule has 5 heteroatoms. The molecule has 1 heterocycles. The van der Waals surface area contributed by atoms with Gasteiger partial charge in [0, 0.05) is 19.6 Å². The number of nitrogens with one attached hydrogen (secondary N) is 1. The van der Waals surface area contributed by atoms with Crippen molar-refractivity contribution >= 4 is 6.09 Å². The molecule has 5 nitrogen and oxygen atoms in total. The average Bonchev–Trinajstić information content (AvgIpc) is 3.08. The molecule has 0 radical (unpaired) electrons. The van der Waals surface area contributed by atoms with Gasteiger partial charge < -0.3 is 15.8 Å². The molecule has 32 heavy (non-hydrogen) atoms. The lowest BCUT2D eigenvalue weighted by Gasteiger charge is -2.30. The molecule has 1 amide bonds. The van der Waals surface area contributed by atoms with Gasteiger partial charge in [0.05, 0.1) is 6.54 Å². The van der Waals surface area contributed by atoms with Crippen molar-refractivity contribution in [1.29, 1.82) is 0 Å². The maximum atomic E-state index is 12.5. The summed E-state index contributed by atoms with van der Waals surface area (Å²) >= 11 is 0. The van der Waals surface area contributed by atoms with Gasteiger partial charge in [-0.15, -0.1) is 0 Å². The van der Waals surface area contributed by atoms with Gasteiger partial charge >= 0.3 is 6.09 Å². The number of rotatable bonds is 8. The molecule has 2 aliphatic rings. The predicted octanol–water partition coefficient (Wildman–Crippen LogP) is 5.08. The molecule has 0 bridgehead atoms. The lowest BCUT2D eigenvalue weighted by atomic mass is 9.85. The summed E-state index contributed by atoms with van der Waals surface area (Å²) in [6, 6.07) is 17.2. The van der Waals surface area contributed by atoms with Crippen LogP contribution in [-0.4, -0.2) is 36.2 Å². The summed E-state index contributed by atoms with van der Waals surface area (Å²) in [7, 11) is 0. The highest BCUT2D eigenvalue weighted by Crippen LogP contribution is 2.37. The van der Waals surface area contributed by atoms with Gasteiger partial charge in [-0.3, -0.25) is 4.90 Å². The minimum atomic E-state index is -0.240. The molecule has 1 saturated carbocycles. The van der Waals surface area contributed by atoms with E-state index in [4.69, 9.17) is 10.5 Å². The summed E-state index contributed by atoms with van der Waals surface area (Å²) in [6.45, 7) is 8.08. The highest BCUT2D eigenvalue weighted by atomic mass is 16.6. The van der Waals surface area contributed by atoms with E-state index in [1.165, 1.54) is 23.1 Å². The lowest BCUT2D eigenvalue weighted by molar-refractivity contribution is 0.0260. The van der Waals surface area contributed by atoms with Gasteiger partial charge in [0.15, 0.2) is 0 Å². The standard InChI is InChI=1S/C27H37N3O2/c1-26(2,18-28)19-29-16-21-9-11-23(12-10-21)24-8-6-7-22(15-24)17-30-20-27(32-25(30)31)13-4-3-5-14-27/h6-12,15,29H,3-5,13-14,16-20,28H2,1-2H3. The van der Waals surface area contributed by atoms with Crippen LogP contribution in [0.3, 0.4) is 0 Å². The summed E-state index contributed by atoms with van der Waals surface area (Å²) in [5, 5.41) is 3.50. The summed E-state index contributed by atoms with van der Waals surface area (Å²) in [5.41, 5.74) is 10.4. The van der Waals surface area contributed by atoms with E-state index >= 15 is 0 Å².